The van der Waals surface area contributed by atoms with E-state index in [0.29, 0.717) is 6.10 Å². The minimum absolute atomic E-state index is 0.428. The van der Waals surface area contributed by atoms with Gasteiger partial charge in [0.05, 0.1) is 12.7 Å². The van der Waals surface area contributed by atoms with Crippen molar-refractivity contribution in [3.8, 4) is 0 Å². The molecular weight excluding hydrogens is 214 g/mol. The van der Waals surface area contributed by atoms with Crippen LogP contribution in [0.1, 0.15) is 12.8 Å². The van der Waals surface area contributed by atoms with Gasteiger partial charge < -0.3 is 19.9 Å². The summed E-state index contributed by atoms with van der Waals surface area (Å²) in [5, 5.41) is 3.39. The number of nitrogens with zero attached hydrogens (tertiary/aromatic N) is 2. The van der Waals surface area contributed by atoms with Gasteiger partial charge in [0.2, 0.25) is 0 Å². The van der Waals surface area contributed by atoms with Crippen molar-refractivity contribution in [2.75, 3.05) is 60.0 Å². The van der Waals surface area contributed by atoms with Crippen molar-refractivity contribution in [1.29, 1.82) is 0 Å². The van der Waals surface area contributed by atoms with Crippen LogP contribution in [0.5, 0.6) is 0 Å². The van der Waals surface area contributed by atoms with Gasteiger partial charge in [-0.1, -0.05) is 0 Å². The Morgan fingerprint density at radius 3 is 3.00 bits per heavy atom. The predicted molar refractivity (Wildman–Crippen MR) is 70.3 cm³/mol. The zero-order valence-electron chi connectivity index (χ0n) is 11.3. The lowest BCUT2D eigenvalue weighted by atomic mass is 10.1. The molecule has 0 aromatic carbocycles. The molecule has 2 rings (SSSR count). The molecule has 2 unspecified atom stereocenters. The summed E-state index contributed by atoms with van der Waals surface area (Å²) in [5.74, 6) is 0.871. The molecule has 0 spiro atoms. The second-order valence-corrected chi connectivity index (χ2v) is 5.66. The van der Waals surface area contributed by atoms with Crippen LogP contribution in [-0.2, 0) is 4.74 Å². The highest BCUT2D eigenvalue weighted by atomic mass is 16.5. The van der Waals surface area contributed by atoms with E-state index in [-0.39, 0.29) is 0 Å². The molecular formula is C13H27N3O. The van der Waals surface area contributed by atoms with Crippen molar-refractivity contribution >= 4 is 0 Å². The topological polar surface area (TPSA) is 27.7 Å². The Kier molecular flexibility index (Phi) is 5.22. The third kappa shape index (κ3) is 4.54. The Balaban J connectivity index is 1.58. The second kappa shape index (κ2) is 6.69. The third-order valence-electron chi connectivity index (χ3n) is 3.90. The molecule has 4 heteroatoms. The van der Waals surface area contributed by atoms with E-state index < -0.39 is 0 Å². The summed E-state index contributed by atoms with van der Waals surface area (Å²) in [7, 11) is 4.47. The summed E-state index contributed by atoms with van der Waals surface area (Å²) in [6, 6.07) is 0. The van der Waals surface area contributed by atoms with E-state index in [1.165, 1.54) is 26.1 Å². The van der Waals surface area contributed by atoms with Gasteiger partial charge in [-0.05, 0) is 39.4 Å². The molecule has 1 N–H and O–H groups in total. The molecule has 2 aliphatic heterocycles. The average molecular weight is 241 g/mol. The van der Waals surface area contributed by atoms with Crippen molar-refractivity contribution in [2.24, 2.45) is 5.92 Å². The zero-order chi connectivity index (χ0) is 12.1. The van der Waals surface area contributed by atoms with Crippen molar-refractivity contribution in [2.45, 2.75) is 18.9 Å². The summed E-state index contributed by atoms with van der Waals surface area (Å²) < 4.78 is 5.72. The van der Waals surface area contributed by atoms with E-state index in [4.69, 9.17) is 4.74 Å². The van der Waals surface area contributed by atoms with E-state index in [0.717, 1.165) is 38.6 Å². The average Bonchev–Trinajstić information content (AvgIpc) is 2.73. The van der Waals surface area contributed by atoms with E-state index in [9.17, 15) is 0 Å². The number of hydrogen-bond acceptors (Lipinski definition) is 4. The number of rotatable bonds is 5. The number of hydrogen-bond donors (Lipinski definition) is 1. The molecule has 4 nitrogen and oxygen atoms in total. The minimum atomic E-state index is 0.428. The minimum Gasteiger partial charge on any atom is -0.376 e. The summed E-state index contributed by atoms with van der Waals surface area (Å²) in [4.78, 5) is 4.91. The van der Waals surface area contributed by atoms with Crippen LogP contribution in [0.15, 0.2) is 0 Å². The number of likely N-dealkylation sites (tertiary alicyclic amines) is 1. The monoisotopic (exact) mass is 241 g/mol. The smallest absolute Gasteiger partial charge is 0.0712 e. The van der Waals surface area contributed by atoms with E-state index in [2.05, 4.69) is 29.2 Å². The lowest BCUT2D eigenvalue weighted by Crippen LogP contribution is -2.40. The predicted octanol–water partition coefficient (Wildman–Crippen LogP) is 0.248. The second-order valence-electron chi connectivity index (χ2n) is 5.66. The molecule has 2 saturated heterocycles. The highest BCUT2D eigenvalue weighted by Crippen LogP contribution is 2.15. The summed E-state index contributed by atoms with van der Waals surface area (Å²) in [5.41, 5.74) is 0. The van der Waals surface area contributed by atoms with Crippen molar-refractivity contribution in [3.63, 3.8) is 0 Å². The summed E-state index contributed by atoms with van der Waals surface area (Å²) in [6.45, 7) is 7.86. The van der Waals surface area contributed by atoms with Crippen molar-refractivity contribution in [3.05, 3.63) is 0 Å². The molecule has 2 atom stereocenters. The van der Waals surface area contributed by atoms with Crippen LogP contribution in [0.3, 0.4) is 0 Å². The molecule has 0 bridgehead atoms. The first kappa shape index (κ1) is 13.3. The first-order valence-corrected chi connectivity index (χ1v) is 6.93. The Bertz CT molecular complexity index is 219. The standard InChI is InChI=1S/C13H27N3O/c1-15-6-3-12(10-15)11-16(2)7-4-13-9-14-5-8-17-13/h12-14H,3-11H2,1-2H3. The van der Waals surface area contributed by atoms with Gasteiger partial charge in [0.25, 0.3) is 0 Å². The quantitative estimate of drug-likeness (QED) is 0.747. The Morgan fingerprint density at radius 2 is 2.35 bits per heavy atom. The van der Waals surface area contributed by atoms with Crippen LogP contribution in [0.4, 0.5) is 0 Å². The first-order chi connectivity index (χ1) is 8.24. The largest absolute Gasteiger partial charge is 0.376 e. The lowest BCUT2D eigenvalue weighted by molar-refractivity contribution is 0.0181. The van der Waals surface area contributed by atoms with Gasteiger partial charge in [-0.3, -0.25) is 0 Å². The normalized spacial score (nSPS) is 31.2. The van der Waals surface area contributed by atoms with Crippen LogP contribution >= 0.6 is 0 Å². The van der Waals surface area contributed by atoms with Crippen LogP contribution in [0.2, 0.25) is 0 Å². The molecule has 100 valence electrons. The maximum atomic E-state index is 5.72. The Morgan fingerprint density at radius 1 is 1.47 bits per heavy atom. The van der Waals surface area contributed by atoms with Gasteiger partial charge in [-0.25, -0.2) is 0 Å². The van der Waals surface area contributed by atoms with Gasteiger partial charge in [-0.2, -0.15) is 0 Å². The SMILES string of the molecule is CN1CCC(CN(C)CCC2CNCCO2)C1. The van der Waals surface area contributed by atoms with Crippen LogP contribution in [0.25, 0.3) is 0 Å². The van der Waals surface area contributed by atoms with Crippen LogP contribution in [0, 0.1) is 5.92 Å². The maximum absolute atomic E-state index is 5.72. The summed E-state index contributed by atoms with van der Waals surface area (Å²) >= 11 is 0. The fraction of sp³-hybridized carbons (Fsp3) is 1.00. The number of nitrogens with one attached hydrogen (secondary N) is 1. The van der Waals surface area contributed by atoms with Gasteiger partial charge >= 0.3 is 0 Å². The zero-order valence-corrected chi connectivity index (χ0v) is 11.3. The molecule has 0 amide bonds. The Labute approximate surface area is 105 Å². The first-order valence-electron chi connectivity index (χ1n) is 6.93. The molecule has 0 aromatic rings. The number of morpholine rings is 1. The number of ether oxygens (including phenoxy) is 1. The highest BCUT2D eigenvalue weighted by molar-refractivity contribution is 4.76. The van der Waals surface area contributed by atoms with Crippen LogP contribution < -0.4 is 5.32 Å². The molecule has 0 aromatic heterocycles. The van der Waals surface area contributed by atoms with Crippen molar-refractivity contribution < 1.29 is 4.74 Å². The Hall–Kier alpha value is -0.160. The molecule has 2 fully saturated rings. The van der Waals surface area contributed by atoms with E-state index in [1.54, 1.807) is 0 Å². The van der Waals surface area contributed by atoms with Gasteiger partial charge in [0.15, 0.2) is 0 Å². The maximum Gasteiger partial charge on any atom is 0.0712 e. The lowest BCUT2D eigenvalue weighted by Gasteiger charge is -2.27. The molecule has 0 radical (unpaired) electrons. The molecule has 2 heterocycles. The fourth-order valence-corrected chi connectivity index (χ4v) is 2.88. The molecule has 0 aliphatic carbocycles. The van der Waals surface area contributed by atoms with E-state index >= 15 is 0 Å². The van der Waals surface area contributed by atoms with Crippen molar-refractivity contribution in [1.82, 2.24) is 15.1 Å². The fourth-order valence-electron chi connectivity index (χ4n) is 2.88. The third-order valence-corrected chi connectivity index (χ3v) is 3.90. The molecule has 17 heavy (non-hydrogen) atoms. The van der Waals surface area contributed by atoms with Gasteiger partial charge in [0.1, 0.15) is 0 Å². The summed E-state index contributed by atoms with van der Waals surface area (Å²) in [6.07, 6.45) is 2.95. The molecule has 2 aliphatic rings. The highest BCUT2D eigenvalue weighted by Gasteiger charge is 2.21. The molecule has 0 saturated carbocycles. The van der Waals surface area contributed by atoms with E-state index in [1.807, 2.05) is 0 Å². The van der Waals surface area contributed by atoms with Crippen LogP contribution in [-0.4, -0.2) is 75.9 Å². The van der Waals surface area contributed by atoms with Gasteiger partial charge in [-0.15, -0.1) is 0 Å². The van der Waals surface area contributed by atoms with Gasteiger partial charge in [0, 0.05) is 32.7 Å².